The minimum atomic E-state index is -0.291. The number of nitrogens with one attached hydrogen (secondary N) is 2. The molecule has 0 unspecified atom stereocenters. The van der Waals surface area contributed by atoms with Crippen molar-refractivity contribution < 1.29 is 9.18 Å². The van der Waals surface area contributed by atoms with Gasteiger partial charge in [0, 0.05) is 31.2 Å². The van der Waals surface area contributed by atoms with Crippen LogP contribution in [0.3, 0.4) is 0 Å². The smallest absolute Gasteiger partial charge is 0.272 e. The standard InChI is InChI=1S/C15H17FN4O.ClH/c1-10-9-17-6-7-20(10)15(21)14-8-13(18-19-14)11-2-4-12(16)5-3-11;/h2-5,8,10,17H,6-7,9H2,1H3,(H,18,19);1H/t10-;/m1./s1. The third-order valence-corrected chi connectivity index (χ3v) is 3.71. The van der Waals surface area contributed by atoms with E-state index < -0.39 is 0 Å². The lowest BCUT2D eigenvalue weighted by Crippen LogP contribution is -2.52. The lowest BCUT2D eigenvalue weighted by Gasteiger charge is -2.33. The Balaban J connectivity index is 0.00000176. The fourth-order valence-corrected chi connectivity index (χ4v) is 2.50. The van der Waals surface area contributed by atoms with Crippen molar-refractivity contribution in [3.05, 3.63) is 41.8 Å². The summed E-state index contributed by atoms with van der Waals surface area (Å²) in [5.41, 5.74) is 1.88. The Morgan fingerprint density at radius 3 is 2.77 bits per heavy atom. The molecule has 1 amide bonds. The van der Waals surface area contributed by atoms with Crippen LogP contribution in [-0.2, 0) is 0 Å². The fourth-order valence-electron chi connectivity index (χ4n) is 2.50. The number of hydrogen-bond donors (Lipinski definition) is 2. The van der Waals surface area contributed by atoms with Crippen molar-refractivity contribution >= 4 is 18.3 Å². The average molecular weight is 325 g/mol. The zero-order chi connectivity index (χ0) is 14.8. The number of benzene rings is 1. The highest BCUT2D eigenvalue weighted by Gasteiger charge is 2.25. The summed E-state index contributed by atoms with van der Waals surface area (Å²) in [6.07, 6.45) is 0. The van der Waals surface area contributed by atoms with Crippen LogP contribution in [0.2, 0.25) is 0 Å². The summed E-state index contributed by atoms with van der Waals surface area (Å²) >= 11 is 0. The van der Waals surface area contributed by atoms with Crippen molar-refractivity contribution in [1.29, 1.82) is 0 Å². The minimum Gasteiger partial charge on any atom is -0.332 e. The van der Waals surface area contributed by atoms with Crippen LogP contribution in [0, 0.1) is 5.82 Å². The van der Waals surface area contributed by atoms with E-state index in [-0.39, 0.29) is 30.2 Å². The molecule has 0 aliphatic carbocycles. The van der Waals surface area contributed by atoms with Gasteiger partial charge in [-0.25, -0.2) is 4.39 Å². The normalized spacial score (nSPS) is 17.9. The number of rotatable bonds is 2. The maximum atomic E-state index is 12.9. The molecular formula is C15H18ClFN4O. The maximum Gasteiger partial charge on any atom is 0.272 e. The summed E-state index contributed by atoms with van der Waals surface area (Å²) in [6, 6.07) is 7.92. The Morgan fingerprint density at radius 2 is 2.09 bits per heavy atom. The van der Waals surface area contributed by atoms with Crippen molar-refractivity contribution in [2.45, 2.75) is 13.0 Å². The highest BCUT2D eigenvalue weighted by atomic mass is 35.5. The van der Waals surface area contributed by atoms with Gasteiger partial charge in [-0.1, -0.05) is 0 Å². The largest absolute Gasteiger partial charge is 0.332 e. The van der Waals surface area contributed by atoms with Crippen molar-refractivity contribution in [3.8, 4) is 11.3 Å². The van der Waals surface area contributed by atoms with Crippen LogP contribution < -0.4 is 5.32 Å². The molecule has 7 heteroatoms. The van der Waals surface area contributed by atoms with E-state index in [1.807, 2.05) is 11.8 Å². The van der Waals surface area contributed by atoms with E-state index in [2.05, 4.69) is 15.5 Å². The van der Waals surface area contributed by atoms with Gasteiger partial charge in [-0.05, 0) is 37.3 Å². The second-order valence-electron chi connectivity index (χ2n) is 5.23. The first-order valence-electron chi connectivity index (χ1n) is 6.98. The summed E-state index contributed by atoms with van der Waals surface area (Å²) in [6.45, 7) is 4.30. The molecule has 2 heterocycles. The molecule has 1 aliphatic rings. The molecule has 1 aliphatic heterocycles. The van der Waals surface area contributed by atoms with Gasteiger partial charge in [0.15, 0.2) is 0 Å². The number of hydrogen-bond acceptors (Lipinski definition) is 3. The first-order valence-corrected chi connectivity index (χ1v) is 6.98. The number of nitrogens with zero attached hydrogens (tertiary/aromatic N) is 2. The lowest BCUT2D eigenvalue weighted by molar-refractivity contribution is 0.0649. The van der Waals surface area contributed by atoms with Crippen LogP contribution in [0.5, 0.6) is 0 Å². The van der Waals surface area contributed by atoms with Crippen LogP contribution in [0.15, 0.2) is 30.3 Å². The molecule has 1 saturated heterocycles. The molecule has 2 N–H and O–H groups in total. The predicted molar refractivity (Wildman–Crippen MR) is 84.6 cm³/mol. The molecule has 1 fully saturated rings. The molecular weight excluding hydrogens is 307 g/mol. The topological polar surface area (TPSA) is 61.0 Å². The van der Waals surface area contributed by atoms with Gasteiger partial charge >= 0.3 is 0 Å². The number of halogens is 2. The average Bonchev–Trinajstić information content (AvgIpc) is 2.98. The van der Waals surface area contributed by atoms with Gasteiger partial charge in [0.05, 0.1) is 5.69 Å². The minimum absolute atomic E-state index is 0. The Bertz CT molecular complexity index is 643. The molecule has 0 bridgehead atoms. The number of carbonyl (C=O) groups excluding carboxylic acids is 1. The Morgan fingerprint density at radius 1 is 1.36 bits per heavy atom. The number of aromatic nitrogens is 2. The van der Waals surface area contributed by atoms with Crippen molar-refractivity contribution in [1.82, 2.24) is 20.4 Å². The van der Waals surface area contributed by atoms with Crippen LogP contribution >= 0.6 is 12.4 Å². The molecule has 0 spiro atoms. The maximum absolute atomic E-state index is 12.9. The first kappa shape index (κ1) is 16.5. The summed E-state index contributed by atoms with van der Waals surface area (Å²) in [5, 5.41) is 10.2. The molecule has 22 heavy (non-hydrogen) atoms. The van der Waals surface area contributed by atoms with Gasteiger partial charge in [0.25, 0.3) is 5.91 Å². The zero-order valence-electron chi connectivity index (χ0n) is 12.2. The number of carbonyl (C=O) groups is 1. The van der Waals surface area contributed by atoms with E-state index in [9.17, 15) is 9.18 Å². The molecule has 3 rings (SSSR count). The summed E-state index contributed by atoms with van der Waals surface area (Å²) in [4.78, 5) is 14.3. The Hall–Kier alpha value is -1.92. The van der Waals surface area contributed by atoms with Crippen molar-refractivity contribution in [2.24, 2.45) is 0 Å². The van der Waals surface area contributed by atoms with Crippen LogP contribution in [0.1, 0.15) is 17.4 Å². The monoisotopic (exact) mass is 324 g/mol. The molecule has 5 nitrogen and oxygen atoms in total. The molecule has 1 aromatic heterocycles. The SMILES string of the molecule is C[C@@H]1CNCCN1C(=O)c1cc(-c2ccc(F)cc2)n[nH]1.Cl. The van der Waals surface area contributed by atoms with E-state index in [1.54, 1.807) is 18.2 Å². The quantitative estimate of drug-likeness (QED) is 0.889. The molecule has 1 atom stereocenters. The molecule has 0 saturated carbocycles. The third kappa shape index (κ3) is 3.28. The molecule has 2 aromatic rings. The van der Waals surface area contributed by atoms with Crippen LogP contribution in [0.25, 0.3) is 11.3 Å². The van der Waals surface area contributed by atoms with Crippen molar-refractivity contribution in [2.75, 3.05) is 19.6 Å². The first-order chi connectivity index (χ1) is 10.1. The van der Waals surface area contributed by atoms with E-state index in [0.29, 0.717) is 17.9 Å². The number of amides is 1. The fraction of sp³-hybridized carbons (Fsp3) is 0.333. The van der Waals surface area contributed by atoms with Gasteiger partial charge < -0.3 is 10.2 Å². The second kappa shape index (κ2) is 6.89. The van der Waals surface area contributed by atoms with Gasteiger partial charge in [0.1, 0.15) is 11.5 Å². The number of piperazine rings is 1. The summed E-state index contributed by atoms with van der Waals surface area (Å²) in [7, 11) is 0. The van der Waals surface area contributed by atoms with Crippen molar-refractivity contribution in [3.63, 3.8) is 0 Å². The third-order valence-electron chi connectivity index (χ3n) is 3.71. The highest BCUT2D eigenvalue weighted by molar-refractivity contribution is 5.93. The molecule has 0 radical (unpaired) electrons. The second-order valence-corrected chi connectivity index (χ2v) is 5.23. The van der Waals surface area contributed by atoms with Crippen LogP contribution in [-0.4, -0.2) is 46.7 Å². The van der Waals surface area contributed by atoms with Gasteiger partial charge in [-0.15, -0.1) is 12.4 Å². The molecule has 118 valence electrons. The number of aromatic amines is 1. The highest BCUT2D eigenvalue weighted by Crippen LogP contribution is 2.19. The Labute approximate surface area is 134 Å². The number of H-pyrrole nitrogens is 1. The van der Waals surface area contributed by atoms with Gasteiger partial charge in [-0.2, -0.15) is 5.10 Å². The van der Waals surface area contributed by atoms with E-state index in [4.69, 9.17) is 0 Å². The summed E-state index contributed by atoms with van der Waals surface area (Å²) in [5.74, 6) is -0.343. The van der Waals surface area contributed by atoms with E-state index >= 15 is 0 Å². The molecule has 1 aromatic carbocycles. The van der Waals surface area contributed by atoms with Gasteiger partial charge in [-0.3, -0.25) is 9.89 Å². The summed E-state index contributed by atoms with van der Waals surface area (Å²) < 4.78 is 12.9. The van der Waals surface area contributed by atoms with E-state index in [1.165, 1.54) is 12.1 Å². The lowest BCUT2D eigenvalue weighted by atomic mass is 10.1. The van der Waals surface area contributed by atoms with Gasteiger partial charge in [0.2, 0.25) is 0 Å². The van der Waals surface area contributed by atoms with E-state index in [0.717, 1.165) is 18.7 Å². The zero-order valence-corrected chi connectivity index (χ0v) is 13.0. The van der Waals surface area contributed by atoms with Crippen LogP contribution in [0.4, 0.5) is 4.39 Å². The predicted octanol–water partition coefficient (Wildman–Crippen LogP) is 2.07. The Kier molecular flexibility index (Phi) is 5.15.